The number of halogens is 1. The number of thioether (sulfide) groups is 1. The van der Waals surface area contributed by atoms with Crippen molar-refractivity contribution in [3.63, 3.8) is 0 Å². The minimum Gasteiger partial charge on any atom is -0.484 e. The number of aromatic amines is 1. The van der Waals surface area contributed by atoms with Gasteiger partial charge >= 0.3 is 4.87 Å². The number of carbonyl (C=O) groups is 3. The van der Waals surface area contributed by atoms with Gasteiger partial charge in [0.2, 0.25) is 11.8 Å². The molecule has 4 fully saturated rings. The number of morpholine rings is 1. The second kappa shape index (κ2) is 10.5. The maximum Gasteiger partial charge on any atom is 0.305 e. The summed E-state index contributed by atoms with van der Waals surface area (Å²) in [5.41, 5.74) is 1.54. The minimum absolute atomic E-state index is 0.00377. The van der Waals surface area contributed by atoms with Crippen LogP contribution in [0.5, 0.6) is 5.75 Å². The Morgan fingerprint density at radius 2 is 1.77 bits per heavy atom. The molecule has 3 aromatic rings. The topological polar surface area (TPSA) is 109 Å². The summed E-state index contributed by atoms with van der Waals surface area (Å²) in [6.07, 6.45) is 0.809. The molecule has 9 nitrogen and oxygen atoms in total. The Hall–Kier alpha value is -3.12. The van der Waals surface area contributed by atoms with Crippen molar-refractivity contribution in [3.8, 4) is 5.75 Å². The number of aromatic nitrogens is 1. The first-order valence-corrected chi connectivity index (χ1v) is 16.6. The van der Waals surface area contributed by atoms with Gasteiger partial charge < -0.3 is 19.4 Å². The van der Waals surface area contributed by atoms with Crippen molar-refractivity contribution in [1.82, 2.24) is 9.88 Å². The summed E-state index contributed by atoms with van der Waals surface area (Å²) in [6, 6.07) is 14.6. The zero-order valence-corrected chi connectivity index (χ0v) is 25.3. The van der Waals surface area contributed by atoms with E-state index in [-0.39, 0.29) is 70.0 Å². The number of anilines is 1. The van der Waals surface area contributed by atoms with E-state index in [4.69, 9.17) is 21.1 Å². The number of hydrogen-bond acceptors (Lipinski definition) is 8. The lowest BCUT2D eigenvalue weighted by molar-refractivity contribution is -0.137. The van der Waals surface area contributed by atoms with Gasteiger partial charge in [0, 0.05) is 34.2 Å². The van der Waals surface area contributed by atoms with Gasteiger partial charge in [-0.05, 0) is 66.1 Å². The van der Waals surface area contributed by atoms with Gasteiger partial charge in [0.15, 0.2) is 6.61 Å². The molecule has 2 saturated carbocycles. The van der Waals surface area contributed by atoms with Crippen LogP contribution in [-0.2, 0) is 19.1 Å². The third-order valence-corrected chi connectivity index (χ3v) is 12.6. The zero-order valence-electron chi connectivity index (χ0n) is 22.9. The second-order valence-corrected chi connectivity index (χ2v) is 14.4. The maximum atomic E-state index is 13.9. The molecule has 3 amide bonds. The normalized spacial score (nSPS) is 30.8. The number of carbonyl (C=O) groups excluding carboxylic acids is 3. The number of hydrogen-bond donors (Lipinski definition) is 1. The first-order valence-electron chi connectivity index (χ1n) is 14.5. The smallest absolute Gasteiger partial charge is 0.305 e. The van der Waals surface area contributed by atoms with Crippen LogP contribution in [0.3, 0.4) is 0 Å². The fourth-order valence-corrected chi connectivity index (χ4v) is 11.1. The average molecular weight is 638 g/mol. The summed E-state index contributed by atoms with van der Waals surface area (Å²) in [5.74, 6) is -0.551. The van der Waals surface area contributed by atoms with Crippen LogP contribution in [0.2, 0.25) is 5.02 Å². The summed E-state index contributed by atoms with van der Waals surface area (Å²) in [5, 5.41) is 1.49. The summed E-state index contributed by atoms with van der Waals surface area (Å²) >= 11 is 8.96. The van der Waals surface area contributed by atoms with Gasteiger partial charge in [0.05, 0.1) is 35.8 Å². The highest BCUT2D eigenvalue weighted by Crippen LogP contribution is 2.68. The van der Waals surface area contributed by atoms with Crippen LogP contribution in [0.25, 0.3) is 0 Å². The summed E-state index contributed by atoms with van der Waals surface area (Å²) in [7, 11) is 0. The number of ether oxygens (including phenoxy) is 2. The molecular formula is C31H28ClN3O6S2. The first-order chi connectivity index (χ1) is 20.9. The first kappa shape index (κ1) is 27.4. The lowest BCUT2D eigenvalue weighted by atomic mass is 9.68. The summed E-state index contributed by atoms with van der Waals surface area (Å²) < 4.78 is 11.3. The van der Waals surface area contributed by atoms with Crippen molar-refractivity contribution in [2.45, 2.75) is 22.6 Å². The Kier molecular flexibility index (Phi) is 6.70. The molecule has 2 bridgehead atoms. The van der Waals surface area contributed by atoms with Crippen LogP contribution in [-0.4, -0.2) is 65.8 Å². The number of nitrogens with one attached hydrogen (secondary N) is 1. The van der Waals surface area contributed by atoms with Crippen molar-refractivity contribution < 1.29 is 23.9 Å². The fraction of sp³-hybridized carbons (Fsp3) is 0.419. The molecule has 1 N–H and O–H groups in total. The third-order valence-electron chi connectivity index (χ3n) is 9.75. The van der Waals surface area contributed by atoms with Gasteiger partial charge in [-0.15, -0.1) is 11.8 Å². The Morgan fingerprint density at radius 3 is 2.53 bits per heavy atom. The highest BCUT2D eigenvalue weighted by molar-refractivity contribution is 8.00. The fourth-order valence-electron chi connectivity index (χ4n) is 8.08. The number of nitrogens with zero attached hydrogens (tertiary/aromatic N) is 2. The Morgan fingerprint density at radius 1 is 1.02 bits per heavy atom. The molecule has 8 rings (SSSR count). The number of imide groups is 1. The number of rotatable bonds is 5. The number of fused-ring (bicyclic) bond motifs is 9. The van der Waals surface area contributed by atoms with E-state index >= 15 is 0 Å². The molecule has 12 heteroatoms. The van der Waals surface area contributed by atoms with E-state index in [9.17, 15) is 19.2 Å². The number of amides is 3. The van der Waals surface area contributed by atoms with Crippen LogP contribution in [0.15, 0.2) is 58.4 Å². The maximum absolute atomic E-state index is 13.9. The third kappa shape index (κ3) is 4.38. The molecule has 2 saturated heterocycles. The lowest BCUT2D eigenvalue weighted by Crippen LogP contribution is -2.43. The minimum atomic E-state index is -0.389. The molecule has 1 aromatic heterocycles. The molecule has 5 aliphatic rings. The molecule has 3 aliphatic heterocycles. The SMILES string of the molecule is O=C(COc1cccc([C@H]2c3sc(=O)[nH]c3SC3C2[C@H]2C[C@@H]3C3C(=O)N(c4ccc(Cl)cc4)C(=O)C32)c1)N1CCOCC1. The Labute approximate surface area is 260 Å². The predicted molar refractivity (Wildman–Crippen MR) is 162 cm³/mol. The van der Waals surface area contributed by atoms with Gasteiger partial charge in [-0.1, -0.05) is 35.1 Å². The largest absolute Gasteiger partial charge is 0.484 e. The molecule has 0 radical (unpaired) electrons. The second-order valence-electron chi connectivity index (χ2n) is 11.8. The predicted octanol–water partition coefficient (Wildman–Crippen LogP) is 4.01. The van der Waals surface area contributed by atoms with Crippen LogP contribution in [0.1, 0.15) is 22.8 Å². The van der Waals surface area contributed by atoms with Crippen molar-refractivity contribution in [1.29, 1.82) is 0 Å². The van der Waals surface area contributed by atoms with Gasteiger partial charge in [-0.25, -0.2) is 0 Å². The average Bonchev–Trinajstić information content (AvgIpc) is 3.76. The number of benzene rings is 2. The quantitative estimate of drug-likeness (QED) is 0.421. The lowest BCUT2D eigenvalue weighted by Gasteiger charge is -2.43. The van der Waals surface area contributed by atoms with Gasteiger partial charge in [-0.2, -0.15) is 0 Å². The monoisotopic (exact) mass is 637 g/mol. The van der Waals surface area contributed by atoms with E-state index < -0.39 is 0 Å². The van der Waals surface area contributed by atoms with E-state index in [0.717, 1.165) is 21.9 Å². The van der Waals surface area contributed by atoms with Crippen LogP contribution >= 0.6 is 34.7 Å². The molecule has 222 valence electrons. The van der Waals surface area contributed by atoms with E-state index in [1.54, 1.807) is 40.9 Å². The van der Waals surface area contributed by atoms with E-state index in [1.165, 1.54) is 16.2 Å². The Balaban J connectivity index is 1.11. The van der Waals surface area contributed by atoms with Gasteiger partial charge in [0.1, 0.15) is 5.75 Å². The molecular weight excluding hydrogens is 610 g/mol. The van der Waals surface area contributed by atoms with Crippen LogP contribution < -0.4 is 14.5 Å². The summed E-state index contributed by atoms with van der Waals surface area (Å²) in [6.45, 7) is 2.11. The molecule has 43 heavy (non-hydrogen) atoms. The van der Waals surface area contributed by atoms with E-state index in [2.05, 4.69) is 4.98 Å². The molecule has 2 aromatic carbocycles. The van der Waals surface area contributed by atoms with E-state index in [1.807, 2.05) is 24.3 Å². The van der Waals surface area contributed by atoms with Crippen LogP contribution in [0.4, 0.5) is 5.69 Å². The molecule has 7 atom stereocenters. The van der Waals surface area contributed by atoms with E-state index in [0.29, 0.717) is 42.8 Å². The molecule has 2 aliphatic carbocycles. The van der Waals surface area contributed by atoms with Crippen molar-refractivity contribution in [2.24, 2.45) is 29.6 Å². The van der Waals surface area contributed by atoms with Crippen LogP contribution in [0, 0.1) is 29.6 Å². The summed E-state index contributed by atoms with van der Waals surface area (Å²) in [4.78, 5) is 60.0. The highest BCUT2D eigenvalue weighted by Gasteiger charge is 2.69. The van der Waals surface area contributed by atoms with Crippen molar-refractivity contribution in [3.05, 3.63) is 73.7 Å². The van der Waals surface area contributed by atoms with Gasteiger partial charge in [-0.3, -0.25) is 24.1 Å². The van der Waals surface area contributed by atoms with Gasteiger partial charge in [0.25, 0.3) is 5.91 Å². The molecule has 0 spiro atoms. The van der Waals surface area contributed by atoms with Crippen molar-refractivity contribution in [2.75, 3.05) is 37.8 Å². The molecule has 4 heterocycles. The van der Waals surface area contributed by atoms with Crippen molar-refractivity contribution >= 4 is 58.1 Å². The zero-order chi connectivity index (χ0) is 29.4. The molecule has 4 unspecified atom stereocenters. The number of thiazole rings is 1. The highest BCUT2D eigenvalue weighted by atomic mass is 35.5. The number of H-pyrrole nitrogens is 1. The standard InChI is InChI=1S/C31H28ClN3O6S2/c32-16-4-6-17(7-5-16)35-29(37)24-19-13-20(25(24)30(35)38)26-23(19)22(27-28(42-26)33-31(39)43-27)15-2-1-3-18(12-15)41-14-21(36)34-8-10-40-11-9-34/h1-7,12,19-20,22-26H,8-11,13-14H2,(H,33,39)/t19-,20-,22-,23?,24?,25?,26?/m1/s1. The Bertz CT molecular complexity index is 1680.